The van der Waals surface area contributed by atoms with Crippen molar-refractivity contribution in [2.24, 2.45) is 0 Å². The van der Waals surface area contributed by atoms with Crippen molar-refractivity contribution in [1.82, 2.24) is 5.32 Å². The highest BCUT2D eigenvalue weighted by Gasteiger charge is 2.24. The van der Waals surface area contributed by atoms with Crippen molar-refractivity contribution in [1.29, 1.82) is 0 Å². The highest BCUT2D eigenvalue weighted by atomic mass is 32.1. The molecule has 110 valence electrons. The molecule has 0 saturated heterocycles. The quantitative estimate of drug-likeness (QED) is 0.705. The van der Waals surface area contributed by atoms with E-state index >= 15 is 0 Å². The van der Waals surface area contributed by atoms with E-state index in [-0.39, 0.29) is 5.56 Å². The number of thiophene rings is 2. The van der Waals surface area contributed by atoms with Crippen molar-refractivity contribution in [3.8, 4) is 0 Å². The molecule has 0 fully saturated rings. The summed E-state index contributed by atoms with van der Waals surface area (Å²) < 4.78 is 43.3. The number of hydrogen-bond donors (Lipinski definition) is 1. The molecule has 0 spiro atoms. The molecule has 0 saturated carbocycles. The standard InChI is InChI=1S/C15H12F3NS2/c1-2-19-15(13-7-12-11(21-13)3-4-20-12)14-9(17)5-8(16)6-10(14)18/h3-7,15,19H,2H2,1H3. The van der Waals surface area contributed by atoms with E-state index in [0.717, 1.165) is 26.4 Å². The SMILES string of the molecule is CCNC(c1cc2sccc2s1)c1c(F)cc(F)cc1F. The largest absolute Gasteiger partial charge is 0.306 e. The van der Waals surface area contributed by atoms with E-state index in [1.165, 1.54) is 11.3 Å². The van der Waals surface area contributed by atoms with Crippen molar-refractivity contribution >= 4 is 32.1 Å². The first-order chi connectivity index (χ1) is 10.1. The predicted octanol–water partition coefficient (Wildman–Crippen LogP) is 5.08. The van der Waals surface area contributed by atoms with Gasteiger partial charge in [0.15, 0.2) is 0 Å². The number of hydrogen-bond acceptors (Lipinski definition) is 3. The van der Waals surface area contributed by atoms with Crippen LogP contribution >= 0.6 is 22.7 Å². The van der Waals surface area contributed by atoms with Crippen LogP contribution in [0.25, 0.3) is 9.40 Å². The monoisotopic (exact) mass is 327 g/mol. The Bertz CT molecular complexity index is 727. The first-order valence-electron chi connectivity index (χ1n) is 6.45. The summed E-state index contributed by atoms with van der Waals surface area (Å²) in [5, 5.41) is 5.06. The molecule has 21 heavy (non-hydrogen) atoms. The normalized spacial score (nSPS) is 13.0. The first-order valence-corrected chi connectivity index (χ1v) is 8.14. The molecule has 0 aliphatic carbocycles. The molecule has 2 aromatic heterocycles. The minimum absolute atomic E-state index is 0.132. The summed E-state index contributed by atoms with van der Waals surface area (Å²) in [6.45, 7) is 2.41. The fourth-order valence-electron chi connectivity index (χ4n) is 2.30. The fourth-order valence-corrected chi connectivity index (χ4v) is 4.51. The van der Waals surface area contributed by atoms with E-state index in [4.69, 9.17) is 0 Å². The molecular weight excluding hydrogens is 315 g/mol. The van der Waals surface area contributed by atoms with Crippen LogP contribution in [0.4, 0.5) is 13.2 Å². The number of benzene rings is 1. The van der Waals surface area contributed by atoms with Crippen molar-refractivity contribution in [2.45, 2.75) is 13.0 Å². The third-order valence-electron chi connectivity index (χ3n) is 3.18. The fraction of sp³-hybridized carbons (Fsp3) is 0.200. The lowest BCUT2D eigenvalue weighted by atomic mass is 10.0. The van der Waals surface area contributed by atoms with E-state index in [1.54, 1.807) is 11.3 Å². The maximum atomic E-state index is 14.0. The molecule has 1 aromatic carbocycles. The molecule has 0 aliphatic heterocycles. The maximum Gasteiger partial charge on any atom is 0.134 e. The Morgan fingerprint density at radius 1 is 1.10 bits per heavy atom. The second kappa shape index (κ2) is 5.79. The molecule has 0 bridgehead atoms. The second-order valence-corrected chi connectivity index (χ2v) is 6.63. The predicted molar refractivity (Wildman–Crippen MR) is 81.5 cm³/mol. The average molecular weight is 327 g/mol. The lowest BCUT2D eigenvalue weighted by Gasteiger charge is -2.18. The van der Waals surface area contributed by atoms with Crippen LogP contribution in [0.1, 0.15) is 23.4 Å². The Morgan fingerprint density at radius 3 is 2.43 bits per heavy atom. The van der Waals surface area contributed by atoms with E-state index < -0.39 is 23.5 Å². The van der Waals surface area contributed by atoms with Gasteiger partial charge in [-0.1, -0.05) is 6.92 Å². The van der Waals surface area contributed by atoms with E-state index in [2.05, 4.69) is 5.32 Å². The maximum absolute atomic E-state index is 14.0. The zero-order valence-corrected chi connectivity index (χ0v) is 12.8. The molecule has 1 nitrogen and oxygen atoms in total. The van der Waals surface area contributed by atoms with E-state index in [9.17, 15) is 13.2 Å². The van der Waals surface area contributed by atoms with Gasteiger partial charge in [0.05, 0.1) is 6.04 Å². The Labute approximate surface area is 128 Å². The van der Waals surface area contributed by atoms with Gasteiger partial charge in [0.25, 0.3) is 0 Å². The molecule has 1 N–H and O–H groups in total. The lowest BCUT2D eigenvalue weighted by molar-refractivity contribution is 0.494. The molecule has 6 heteroatoms. The van der Waals surface area contributed by atoms with Gasteiger partial charge in [-0.25, -0.2) is 13.2 Å². The molecule has 0 aliphatic rings. The number of fused-ring (bicyclic) bond motifs is 1. The van der Waals surface area contributed by atoms with Crippen LogP contribution in [0, 0.1) is 17.5 Å². The van der Waals surface area contributed by atoms with Crippen molar-refractivity contribution < 1.29 is 13.2 Å². The van der Waals surface area contributed by atoms with Crippen molar-refractivity contribution in [3.05, 3.63) is 57.5 Å². The minimum Gasteiger partial charge on any atom is -0.306 e. The van der Waals surface area contributed by atoms with Gasteiger partial charge in [0.2, 0.25) is 0 Å². The zero-order valence-electron chi connectivity index (χ0n) is 11.1. The summed E-state index contributed by atoms with van der Waals surface area (Å²) in [5.74, 6) is -2.64. The van der Waals surface area contributed by atoms with Crippen LogP contribution < -0.4 is 5.32 Å². The molecular formula is C15H12F3NS2. The highest BCUT2D eigenvalue weighted by molar-refractivity contribution is 7.27. The zero-order chi connectivity index (χ0) is 15.0. The Kier molecular flexibility index (Phi) is 4.01. The molecule has 0 radical (unpaired) electrons. The highest BCUT2D eigenvalue weighted by Crippen LogP contribution is 2.37. The van der Waals surface area contributed by atoms with Crippen molar-refractivity contribution in [2.75, 3.05) is 6.54 Å². The molecule has 3 aromatic rings. The Balaban J connectivity index is 2.11. The van der Waals surface area contributed by atoms with E-state index in [0.29, 0.717) is 6.54 Å². The molecule has 3 rings (SSSR count). The molecule has 0 amide bonds. The van der Waals surface area contributed by atoms with Crippen LogP contribution in [-0.2, 0) is 0 Å². The smallest absolute Gasteiger partial charge is 0.134 e. The van der Waals surface area contributed by atoms with Gasteiger partial charge in [-0.3, -0.25) is 0 Å². The van der Waals surface area contributed by atoms with Crippen LogP contribution in [0.5, 0.6) is 0 Å². The van der Waals surface area contributed by atoms with E-state index in [1.807, 2.05) is 24.4 Å². The third-order valence-corrected chi connectivity index (χ3v) is 5.34. The summed E-state index contributed by atoms with van der Waals surface area (Å²) in [6, 6.07) is 4.74. The van der Waals surface area contributed by atoms with Gasteiger partial charge in [-0.15, -0.1) is 22.7 Å². The summed E-state index contributed by atoms with van der Waals surface area (Å²) in [5.41, 5.74) is -0.132. The summed E-state index contributed by atoms with van der Waals surface area (Å²) >= 11 is 3.07. The molecule has 1 unspecified atom stereocenters. The topological polar surface area (TPSA) is 12.0 Å². The van der Waals surface area contributed by atoms with Gasteiger partial charge in [-0.2, -0.15) is 0 Å². The summed E-state index contributed by atoms with van der Waals surface area (Å²) in [7, 11) is 0. The Hall–Kier alpha value is -1.37. The lowest BCUT2D eigenvalue weighted by Crippen LogP contribution is -2.23. The first kappa shape index (κ1) is 14.6. The van der Waals surface area contributed by atoms with Gasteiger partial charge in [0.1, 0.15) is 17.5 Å². The van der Waals surface area contributed by atoms with Gasteiger partial charge in [0, 0.05) is 32.0 Å². The number of nitrogens with one attached hydrogen (secondary N) is 1. The summed E-state index contributed by atoms with van der Waals surface area (Å²) in [4.78, 5) is 0.822. The number of rotatable bonds is 4. The van der Waals surface area contributed by atoms with Gasteiger partial charge in [-0.05, 0) is 24.1 Å². The summed E-state index contributed by atoms with van der Waals surface area (Å²) in [6.07, 6.45) is 0. The molecule has 1 atom stereocenters. The third kappa shape index (κ3) is 2.71. The van der Waals surface area contributed by atoms with Crippen LogP contribution in [0.2, 0.25) is 0 Å². The van der Waals surface area contributed by atoms with Crippen LogP contribution in [0.15, 0.2) is 29.6 Å². The average Bonchev–Trinajstić information content (AvgIpc) is 2.96. The van der Waals surface area contributed by atoms with Crippen molar-refractivity contribution in [3.63, 3.8) is 0 Å². The number of halogens is 3. The van der Waals surface area contributed by atoms with Gasteiger partial charge < -0.3 is 5.32 Å². The van der Waals surface area contributed by atoms with Crippen LogP contribution in [-0.4, -0.2) is 6.54 Å². The minimum atomic E-state index is -0.906. The second-order valence-electron chi connectivity index (χ2n) is 4.57. The molecule has 2 heterocycles. The van der Waals surface area contributed by atoms with Crippen LogP contribution in [0.3, 0.4) is 0 Å². The Morgan fingerprint density at radius 2 is 1.81 bits per heavy atom. The van der Waals surface area contributed by atoms with Gasteiger partial charge >= 0.3 is 0 Å².